The van der Waals surface area contributed by atoms with Gasteiger partial charge in [-0.25, -0.2) is 0 Å². The van der Waals surface area contributed by atoms with Crippen LogP contribution < -0.4 is 4.74 Å². The molecule has 4 heteroatoms. The van der Waals surface area contributed by atoms with Crippen LogP contribution in [0, 0.1) is 0 Å². The molecule has 2 aromatic rings. The molecule has 106 valence electrons. The van der Waals surface area contributed by atoms with Gasteiger partial charge < -0.3 is 9.84 Å². The summed E-state index contributed by atoms with van der Waals surface area (Å²) in [5.74, 6) is -0.979. The monoisotopic (exact) mass is 282 g/mol. The maximum absolute atomic E-state index is 12.1. The number of fused-ring (bicyclic) bond motifs is 1. The van der Waals surface area contributed by atoms with Crippen LogP contribution in [0.15, 0.2) is 48.5 Å². The number of hydrogen-bond donors (Lipinski definition) is 1. The van der Waals surface area contributed by atoms with Crippen molar-refractivity contribution in [3.8, 4) is 5.75 Å². The van der Waals surface area contributed by atoms with Gasteiger partial charge in [-0.05, 0) is 23.6 Å². The van der Waals surface area contributed by atoms with Crippen LogP contribution >= 0.6 is 0 Å². The molecule has 1 atom stereocenters. The molecule has 1 N–H and O–H groups in total. The minimum absolute atomic E-state index is 0.0730. The second-order valence-electron chi connectivity index (χ2n) is 5.03. The lowest BCUT2D eigenvalue weighted by molar-refractivity contribution is -0.137. The second-order valence-corrected chi connectivity index (χ2v) is 5.03. The van der Waals surface area contributed by atoms with Gasteiger partial charge in [-0.15, -0.1) is 0 Å². The smallest absolute Gasteiger partial charge is 0.323 e. The Bertz CT molecular complexity index is 691. The molecule has 0 spiro atoms. The Labute approximate surface area is 122 Å². The number of carbonyl (C=O) groups is 2. The van der Waals surface area contributed by atoms with Gasteiger partial charge in [0.1, 0.15) is 11.7 Å². The summed E-state index contributed by atoms with van der Waals surface area (Å²) in [6, 6.07) is 14.9. The summed E-state index contributed by atoms with van der Waals surface area (Å²) < 4.78 is 5.30. The fraction of sp³-hybridized carbons (Fsp3) is 0.176. The Balaban J connectivity index is 1.95. The van der Waals surface area contributed by atoms with E-state index in [1.807, 2.05) is 42.5 Å². The number of hydrogen-bond acceptors (Lipinski definition) is 3. The van der Waals surface area contributed by atoms with Crippen LogP contribution in [0.2, 0.25) is 0 Å². The third-order valence-corrected chi connectivity index (χ3v) is 3.59. The first-order chi connectivity index (χ1) is 10.1. The standard InChI is InChI=1S/C17H14O4/c18-15(19)9-7-11-6-8-14-13(10-11)16(17(20)21-14)12-4-2-1-3-5-12/h1-6,8,10,16H,7,9H2,(H,18,19). The van der Waals surface area contributed by atoms with Crippen LogP contribution in [-0.2, 0) is 16.0 Å². The van der Waals surface area contributed by atoms with Crippen molar-refractivity contribution >= 4 is 11.9 Å². The first kappa shape index (κ1) is 13.4. The third kappa shape index (κ3) is 2.65. The van der Waals surface area contributed by atoms with E-state index in [0.717, 1.165) is 16.7 Å². The molecule has 0 saturated carbocycles. The minimum Gasteiger partial charge on any atom is -0.481 e. The molecule has 0 aromatic heterocycles. The van der Waals surface area contributed by atoms with E-state index >= 15 is 0 Å². The predicted molar refractivity (Wildman–Crippen MR) is 76.3 cm³/mol. The molecule has 1 heterocycles. The largest absolute Gasteiger partial charge is 0.481 e. The van der Waals surface area contributed by atoms with Crippen molar-refractivity contribution in [2.75, 3.05) is 0 Å². The summed E-state index contributed by atoms with van der Waals surface area (Å²) in [6.45, 7) is 0. The van der Waals surface area contributed by atoms with Gasteiger partial charge in [0.25, 0.3) is 0 Å². The van der Waals surface area contributed by atoms with Crippen LogP contribution in [0.4, 0.5) is 0 Å². The molecule has 1 aliphatic heterocycles. The quantitative estimate of drug-likeness (QED) is 0.692. The summed E-state index contributed by atoms with van der Waals surface area (Å²) in [5.41, 5.74) is 2.60. The highest BCUT2D eigenvalue weighted by Crippen LogP contribution is 2.39. The van der Waals surface area contributed by atoms with Crippen LogP contribution in [0.5, 0.6) is 5.75 Å². The van der Waals surface area contributed by atoms with Crippen LogP contribution in [0.25, 0.3) is 0 Å². The number of ether oxygens (including phenoxy) is 1. The molecule has 0 amide bonds. The van der Waals surface area contributed by atoms with Gasteiger partial charge in [0.05, 0.1) is 0 Å². The predicted octanol–water partition coefficient (Wildman–Crippen LogP) is 2.75. The number of aryl methyl sites for hydroxylation is 1. The zero-order valence-electron chi connectivity index (χ0n) is 11.3. The van der Waals surface area contributed by atoms with Gasteiger partial charge in [-0.1, -0.05) is 42.5 Å². The molecule has 4 nitrogen and oxygen atoms in total. The van der Waals surface area contributed by atoms with Crippen molar-refractivity contribution < 1.29 is 19.4 Å². The fourth-order valence-corrected chi connectivity index (χ4v) is 2.58. The van der Waals surface area contributed by atoms with Crippen molar-refractivity contribution in [3.63, 3.8) is 0 Å². The Morgan fingerprint density at radius 3 is 2.62 bits per heavy atom. The molecule has 0 radical (unpaired) electrons. The summed E-state index contributed by atoms with van der Waals surface area (Å²) >= 11 is 0. The Kier molecular flexibility index (Phi) is 3.44. The molecule has 0 fully saturated rings. The molecule has 21 heavy (non-hydrogen) atoms. The molecular formula is C17H14O4. The van der Waals surface area contributed by atoms with Crippen LogP contribution in [-0.4, -0.2) is 17.0 Å². The minimum atomic E-state index is -0.831. The SMILES string of the molecule is O=C(O)CCc1ccc2c(c1)C(c1ccccc1)C(=O)O2. The topological polar surface area (TPSA) is 63.6 Å². The van der Waals surface area contributed by atoms with E-state index in [9.17, 15) is 9.59 Å². The number of carbonyl (C=O) groups excluding carboxylic acids is 1. The Hall–Kier alpha value is -2.62. The van der Waals surface area contributed by atoms with E-state index in [2.05, 4.69) is 0 Å². The summed E-state index contributed by atoms with van der Waals surface area (Å²) in [5, 5.41) is 8.76. The van der Waals surface area contributed by atoms with Crippen molar-refractivity contribution in [2.45, 2.75) is 18.8 Å². The average molecular weight is 282 g/mol. The Morgan fingerprint density at radius 2 is 1.90 bits per heavy atom. The van der Waals surface area contributed by atoms with Crippen molar-refractivity contribution in [1.29, 1.82) is 0 Å². The van der Waals surface area contributed by atoms with E-state index < -0.39 is 11.9 Å². The normalized spacial score (nSPS) is 16.4. The highest BCUT2D eigenvalue weighted by Gasteiger charge is 2.34. The molecule has 0 aliphatic carbocycles. The van der Waals surface area contributed by atoms with E-state index in [4.69, 9.17) is 9.84 Å². The number of benzene rings is 2. The zero-order chi connectivity index (χ0) is 14.8. The molecule has 1 aliphatic rings. The average Bonchev–Trinajstić information content (AvgIpc) is 2.81. The van der Waals surface area contributed by atoms with Gasteiger partial charge in [0, 0.05) is 12.0 Å². The maximum atomic E-state index is 12.1. The highest BCUT2D eigenvalue weighted by molar-refractivity contribution is 5.89. The number of carboxylic acid groups (broad SMARTS) is 1. The van der Waals surface area contributed by atoms with Gasteiger partial charge in [-0.2, -0.15) is 0 Å². The van der Waals surface area contributed by atoms with Crippen molar-refractivity contribution in [3.05, 3.63) is 65.2 Å². The van der Waals surface area contributed by atoms with Gasteiger partial charge >= 0.3 is 11.9 Å². The van der Waals surface area contributed by atoms with Gasteiger partial charge in [0.15, 0.2) is 0 Å². The van der Waals surface area contributed by atoms with E-state index in [1.54, 1.807) is 6.07 Å². The van der Waals surface area contributed by atoms with Crippen LogP contribution in [0.1, 0.15) is 29.0 Å². The molecule has 3 rings (SSSR count). The summed E-state index contributed by atoms with van der Waals surface area (Å²) in [6.07, 6.45) is 0.516. The van der Waals surface area contributed by atoms with E-state index in [0.29, 0.717) is 12.2 Å². The number of aliphatic carboxylic acids is 1. The van der Waals surface area contributed by atoms with E-state index in [1.165, 1.54) is 0 Å². The first-order valence-electron chi connectivity index (χ1n) is 6.76. The van der Waals surface area contributed by atoms with Gasteiger partial charge in [-0.3, -0.25) is 9.59 Å². The molecular weight excluding hydrogens is 268 g/mol. The maximum Gasteiger partial charge on any atom is 0.323 e. The lowest BCUT2D eigenvalue weighted by Crippen LogP contribution is -2.11. The molecule has 2 aromatic carbocycles. The summed E-state index contributed by atoms with van der Waals surface area (Å²) in [7, 11) is 0. The van der Waals surface area contributed by atoms with Gasteiger partial charge in [0.2, 0.25) is 0 Å². The van der Waals surface area contributed by atoms with Crippen LogP contribution in [0.3, 0.4) is 0 Å². The highest BCUT2D eigenvalue weighted by atomic mass is 16.5. The van der Waals surface area contributed by atoms with E-state index in [-0.39, 0.29) is 12.4 Å². The fourth-order valence-electron chi connectivity index (χ4n) is 2.58. The number of carboxylic acids is 1. The molecule has 0 bridgehead atoms. The Morgan fingerprint density at radius 1 is 1.14 bits per heavy atom. The lowest BCUT2D eigenvalue weighted by atomic mass is 9.91. The lowest BCUT2D eigenvalue weighted by Gasteiger charge is -2.08. The van der Waals surface area contributed by atoms with Crippen molar-refractivity contribution in [2.24, 2.45) is 0 Å². The third-order valence-electron chi connectivity index (χ3n) is 3.59. The number of rotatable bonds is 4. The molecule has 0 saturated heterocycles. The molecule has 1 unspecified atom stereocenters. The zero-order valence-corrected chi connectivity index (χ0v) is 11.3. The first-order valence-corrected chi connectivity index (χ1v) is 6.76. The second kappa shape index (κ2) is 5.40. The summed E-state index contributed by atoms with van der Waals surface area (Å²) in [4.78, 5) is 22.8. The van der Waals surface area contributed by atoms with Crippen molar-refractivity contribution in [1.82, 2.24) is 0 Å². The number of esters is 1.